The van der Waals surface area contributed by atoms with E-state index >= 15 is 0 Å². The van der Waals surface area contributed by atoms with Crippen molar-refractivity contribution in [3.05, 3.63) is 120 Å². The van der Waals surface area contributed by atoms with Gasteiger partial charge in [0.15, 0.2) is 0 Å². The van der Waals surface area contributed by atoms with E-state index < -0.39 is 13.6 Å². The molecule has 0 unspecified atom stereocenters. The van der Waals surface area contributed by atoms with Crippen molar-refractivity contribution in [1.29, 1.82) is 0 Å². The zero-order valence-corrected chi connectivity index (χ0v) is 25.8. The van der Waals surface area contributed by atoms with Gasteiger partial charge in [-0.1, -0.05) is 0 Å². The average molecular weight is 578 g/mol. The summed E-state index contributed by atoms with van der Waals surface area (Å²) in [6.07, 6.45) is 0.885. The third-order valence-corrected chi connectivity index (χ3v) is 21.7. The molecule has 0 fully saturated rings. The molecule has 4 heteroatoms. The molecule has 4 aromatic carbocycles. The first kappa shape index (κ1) is 26.9. The van der Waals surface area contributed by atoms with Gasteiger partial charge in [0.05, 0.1) is 0 Å². The number of aryl methyl sites for hydroxylation is 1. The van der Waals surface area contributed by atoms with Gasteiger partial charge < -0.3 is 0 Å². The van der Waals surface area contributed by atoms with Crippen molar-refractivity contribution < 1.29 is 4.43 Å². The number of halogens is 1. The van der Waals surface area contributed by atoms with Gasteiger partial charge in [0.1, 0.15) is 0 Å². The Balaban J connectivity index is 1.90. The van der Waals surface area contributed by atoms with Crippen molar-refractivity contribution in [2.24, 2.45) is 0 Å². The van der Waals surface area contributed by atoms with Gasteiger partial charge in [-0.3, -0.25) is 0 Å². The summed E-state index contributed by atoms with van der Waals surface area (Å²) in [5.41, 5.74) is 2.60. The first-order chi connectivity index (χ1) is 17.0. The quantitative estimate of drug-likeness (QED) is 0.158. The molecule has 0 spiro atoms. The van der Waals surface area contributed by atoms with Crippen LogP contribution in [0.15, 0.2) is 109 Å². The van der Waals surface area contributed by atoms with Crippen LogP contribution in [0.5, 0.6) is 5.75 Å². The summed E-state index contributed by atoms with van der Waals surface area (Å²) in [6, 6.07) is 39.7. The van der Waals surface area contributed by atoms with Crippen molar-refractivity contribution in [1.82, 2.24) is 0 Å². The number of hydrogen-bond acceptors (Lipinski definition) is 1. The molecule has 0 radical (unpaired) electrons. The maximum atomic E-state index is 6.65. The molecule has 0 heterocycles. The van der Waals surface area contributed by atoms with Crippen molar-refractivity contribution in [2.45, 2.75) is 52.0 Å². The summed E-state index contributed by atoms with van der Waals surface area (Å²) in [5.74, 6) is 0.983. The maximum absolute atomic E-state index is 6.65. The standard InChI is InChI=1S/C32H38BrOPSi/c1-26-24-28(34-36(5,6)32(2,3)4)23-22-27(26)25-35(33,29-16-10-7-11-17-29,30-18-12-8-13-19-30)31-20-14-9-15-21-31/h7-24H,25H2,1-6H3. The number of benzene rings is 4. The molecule has 0 aliphatic carbocycles. The molecule has 4 rings (SSSR count). The molecule has 0 amide bonds. The van der Waals surface area contributed by atoms with Crippen LogP contribution < -0.4 is 20.3 Å². The second kappa shape index (κ2) is 9.93. The summed E-state index contributed by atoms with van der Waals surface area (Å²) in [7, 11) is -1.91. The fourth-order valence-corrected chi connectivity index (χ4v) is 13.4. The van der Waals surface area contributed by atoms with Crippen LogP contribution in [0.2, 0.25) is 18.1 Å². The summed E-state index contributed by atoms with van der Waals surface area (Å²) in [6.45, 7) is 13.7. The molecule has 0 aliphatic heterocycles. The van der Waals surface area contributed by atoms with Crippen LogP contribution in [-0.2, 0) is 6.16 Å². The van der Waals surface area contributed by atoms with Gasteiger partial charge in [-0.15, -0.1) is 0 Å². The number of hydrogen-bond donors (Lipinski definition) is 0. The van der Waals surface area contributed by atoms with Crippen molar-refractivity contribution in [3.63, 3.8) is 0 Å². The summed E-state index contributed by atoms with van der Waals surface area (Å²) >= 11 is 4.59. The molecule has 0 bridgehead atoms. The number of rotatable bonds is 7. The zero-order chi connectivity index (χ0) is 26.1. The summed E-state index contributed by atoms with van der Waals surface area (Å²) in [5, 5.41) is 1.14. The van der Waals surface area contributed by atoms with Gasteiger partial charge in [0.25, 0.3) is 0 Å². The van der Waals surface area contributed by atoms with Crippen LogP contribution in [0.25, 0.3) is 0 Å². The molecule has 36 heavy (non-hydrogen) atoms. The average Bonchev–Trinajstić information content (AvgIpc) is 2.86. The Morgan fingerprint density at radius 2 is 1.11 bits per heavy atom. The fraction of sp³-hybridized carbons (Fsp3) is 0.250. The SMILES string of the molecule is Cc1cc(O[Si](C)(C)C(C)(C)C)ccc1CP(Br)(c1ccccc1)(c1ccccc1)c1ccccc1. The van der Waals surface area contributed by atoms with Gasteiger partial charge in [-0.05, 0) is 0 Å². The Kier molecular flexibility index (Phi) is 7.41. The van der Waals surface area contributed by atoms with Gasteiger partial charge in [-0.25, -0.2) is 0 Å². The van der Waals surface area contributed by atoms with E-state index in [1.165, 1.54) is 27.0 Å². The van der Waals surface area contributed by atoms with E-state index in [0.717, 1.165) is 11.9 Å². The van der Waals surface area contributed by atoms with Crippen LogP contribution in [0.4, 0.5) is 0 Å². The van der Waals surface area contributed by atoms with Crippen LogP contribution in [-0.4, -0.2) is 8.32 Å². The molecule has 0 saturated heterocycles. The molecule has 0 saturated carbocycles. The Bertz CT molecular complexity index is 1220. The predicted octanol–water partition coefficient (Wildman–Crippen LogP) is 8.72. The minimum atomic E-state index is -3.03. The van der Waals surface area contributed by atoms with Crippen molar-refractivity contribution >= 4 is 45.0 Å². The molecule has 0 aromatic heterocycles. The molecule has 188 valence electrons. The van der Waals surface area contributed by atoms with E-state index in [2.05, 4.69) is 165 Å². The topological polar surface area (TPSA) is 9.23 Å². The van der Waals surface area contributed by atoms with Gasteiger partial charge in [0.2, 0.25) is 0 Å². The van der Waals surface area contributed by atoms with E-state index in [-0.39, 0.29) is 5.04 Å². The second-order valence-electron chi connectivity index (χ2n) is 11.3. The molecule has 0 aliphatic rings. The Morgan fingerprint density at radius 3 is 1.47 bits per heavy atom. The third-order valence-electron chi connectivity index (χ3n) is 7.84. The van der Waals surface area contributed by atoms with Crippen LogP contribution in [0.1, 0.15) is 31.9 Å². The third kappa shape index (κ3) is 4.86. The fourth-order valence-electron chi connectivity index (χ4n) is 4.61. The zero-order valence-electron chi connectivity index (χ0n) is 22.3. The molecular formula is C32H38BrOPSi. The van der Waals surface area contributed by atoms with Crippen LogP contribution in [0, 0.1) is 6.92 Å². The molecule has 4 aromatic rings. The molecular weight excluding hydrogens is 539 g/mol. The Labute approximate surface area is 226 Å². The van der Waals surface area contributed by atoms with E-state index in [1.54, 1.807) is 0 Å². The van der Waals surface area contributed by atoms with Gasteiger partial charge in [-0.2, -0.15) is 0 Å². The van der Waals surface area contributed by atoms with Crippen molar-refractivity contribution in [3.8, 4) is 5.75 Å². The first-order valence-electron chi connectivity index (χ1n) is 12.6. The normalized spacial score (nSPS) is 13.6. The predicted molar refractivity (Wildman–Crippen MR) is 167 cm³/mol. The van der Waals surface area contributed by atoms with Crippen LogP contribution in [0.3, 0.4) is 0 Å². The summed E-state index contributed by atoms with van der Waals surface area (Å²) < 4.78 is 6.65. The molecule has 0 N–H and O–H groups in total. The molecule has 1 nitrogen and oxygen atoms in total. The van der Waals surface area contributed by atoms with E-state index in [4.69, 9.17) is 4.43 Å². The monoisotopic (exact) mass is 576 g/mol. The second-order valence-corrected chi connectivity index (χ2v) is 25.0. The van der Waals surface area contributed by atoms with Gasteiger partial charge >= 0.3 is 228 Å². The Hall–Kier alpha value is -2.19. The first-order valence-corrected chi connectivity index (χ1v) is 20.0. The van der Waals surface area contributed by atoms with Crippen LogP contribution >= 0.6 is 20.8 Å². The Morgan fingerprint density at radius 1 is 0.694 bits per heavy atom. The minimum absolute atomic E-state index is 0.162. The van der Waals surface area contributed by atoms with E-state index in [9.17, 15) is 0 Å². The van der Waals surface area contributed by atoms with E-state index in [0.29, 0.717) is 0 Å². The van der Waals surface area contributed by atoms with Crippen molar-refractivity contribution in [2.75, 3.05) is 0 Å². The molecule has 0 atom stereocenters. The van der Waals surface area contributed by atoms with E-state index in [1.807, 2.05) is 0 Å². The van der Waals surface area contributed by atoms with Gasteiger partial charge in [0, 0.05) is 0 Å². The summed E-state index contributed by atoms with van der Waals surface area (Å²) in [4.78, 5) is 0.